The van der Waals surface area contributed by atoms with E-state index in [4.69, 9.17) is 0 Å². The van der Waals surface area contributed by atoms with Gasteiger partial charge in [0.15, 0.2) is 0 Å². The van der Waals surface area contributed by atoms with Crippen molar-refractivity contribution >= 4 is 33.0 Å². The van der Waals surface area contributed by atoms with E-state index in [0.717, 1.165) is 16.1 Å². The molecule has 1 aliphatic heterocycles. The fraction of sp³-hybridized carbons (Fsp3) is 0.353. The van der Waals surface area contributed by atoms with Crippen LogP contribution >= 0.6 is 11.3 Å². The van der Waals surface area contributed by atoms with E-state index < -0.39 is 10.0 Å². The van der Waals surface area contributed by atoms with Crippen LogP contribution in [0, 0.1) is 0 Å². The summed E-state index contributed by atoms with van der Waals surface area (Å²) >= 11 is 1.60. The normalized spacial score (nSPS) is 15.7. The number of nitrogens with zero attached hydrogens (tertiary/aromatic N) is 2. The number of hydrogen-bond donors (Lipinski definition) is 1. The van der Waals surface area contributed by atoms with E-state index in [9.17, 15) is 13.2 Å². The summed E-state index contributed by atoms with van der Waals surface area (Å²) in [6, 6.07) is 8.76. The molecule has 1 aromatic carbocycles. The first-order valence-electron chi connectivity index (χ1n) is 7.88. The number of carbonyl (C=O) groups excluding carboxylic acids is 1. The highest BCUT2D eigenvalue weighted by atomic mass is 32.2. The number of benzene rings is 1. The number of likely N-dealkylation sites (N-methyl/N-ethyl adjacent to an activating group) is 2. The molecule has 1 unspecified atom stereocenters. The molecule has 0 saturated carbocycles. The number of sulfonamides is 1. The third-order valence-electron chi connectivity index (χ3n) is 4.40. The molecule has 0 saturated heterocycles. The summed E-state index contributed by atoms with van der Waals surface area (Å²) in [4.78, 5) is 16.6. The van der Waals surface area contributed by atoms with Gasteiger partial charge in [0.1, 0.15) is 0 Å². The van der Waals surface area contributed by atoms with Gasteiger partial charge in [-0.2, -0.15) is 0 Å². The van der Waals surface area contributed by atoms with Crippen molar-refractivity contribution in [3.05, 3.63) is 46.2 Å². The molecule has 1 aromatic heterocycles. The van der Waals surface area contributed by atoms with E-state index >= 15 is 0 Å². The number of thiophene rings is 1. The zero-order valence-corrected chi connectivity index (χ0v) is 16.0. The highest BCUT2D eigenvalue weighted by molar-refractivity contribution is 7.89. The Hall–Kier alpha value is -1.74. The van der Waals surface area contributed by atoms with Crippen LogP contribution in [0.4, 0.5) is 5.69 Å². The summed E-state index contributed by atoms with van der Waals surface area (Å²) in [5, 5.41) is 1.98. The van der Waals surface area contributed by atoms with E-state index in [0.29, 0.717) is 0 Å². The summed E-state index contributed by atoms with van der Waals surface area (Å²) in [5.41, 5.74) is 1.52. The largest absolute Gasteiger partial charge is 0.315 e. The second kappa shape index (κ2) is 6.87. The lowest BCUT2D eigenvalue weighted by Crippen LogP contribution is -2.34. The Morgan fingerprint density at radius 2 is 2.08 bits per heavy atom. The number of fused-ring (bicyclic) bond motifs is 1. The van der Waals surface area contributed by atoms with E-state index in [1.807, 2.05) is 36.5 Å². The van der Waals surface area contributed by atoms with Crippen LogP contribution in [0.1, 0.15) is 16.5 Å². The van der Waals surface area contributed by atoms with Crippen molar-refractivity contribution in [1.29, 1.82) is 0 Å². The second-order valence-electron chi connectivity index (χ2n) is 6.27. The molecular weight excluding hydrogens is 358 g/mol. The first-order chi connectivity index (χ1) is 11.8. The molecule has 2 aromatic rings. The number of hydrogen-bond acceptors (Lipinski definition) is 5. The topological polar surface area (TPSA) is 69.7 Å². The molecule has 0 bridgehead atoms. The van der Waals surface area contributed by atoms with Crippen molar-refractivity contribution in [3.8, 4) is 0 Å². The maximum absolute atomic E-state index is 12.7. The van der Waals surface area contributed by atoms with Crippen molar-refractivity contribution in [1.82, 2.24) is 9.62 Å². The average Bonchev–Trinajstić information content (AvgIpc) is 3.16. The maximum Gasteiger partial charge on any atom is 0.240 e. The van der Waals surface area contributed by atoms with Crippen molar-refractivity contribution in [2.75, 3.05) is 32.6 Å². The third-order valence-corrected chi connectivity index (χ3v) is 6.79. The minimum atomic E-state index is -3.64. The van der Waals surface area contributed by atoms with Crippen LogP contribution in [0.25, 0.3) is 0 Å². The SMILES string of the molecule is CN1C(=O)Cc2cc(S(=O)(=O)NCC(c3cccs3)N(C)C)ccc21. The van der Waals surface area contributed by atoms with Crippen LogP contribution in [-0.4, -0.2) is 46.9 Å². The fourth-order valence-corrected chi connectivity index (χ4v) is 4.92. The van der Waals surface area contributed by atoms with Gasteiger partial charge in [-0.1, -0.05) is 6.07 Å². The van der Waals surface area contributed by atoms with Crippen molar-refractivity contribution in [3.63, 3.8) is 0 Å². The quantitative estimate of drug-likeness (QED) is 0.832. The highest BCUT2D eigenvalue weighted by Gasteiger charge is 2.27. The van der Waals surface area contributed by atoms with E-state index in [2.05, 4.69) is 4.72 Å². The number of nitrogens with one attached hydrogen (secondary N) is 1. The standard InChI is InChI=1S/C17H21N3O3S2/c1-19(2)15(16-5-4-8-24-16)11-18-25(22,23)13-6-7-14-12(9-13)10-17(21)20(14)3/h4-9,15,18H,10-11H2,1-3H3. The Morgan fingerprint density at radius 3 is 2.72 bits per heavy atom. The van der Waals surface area contributed by atoms with Crippen molar-refractivity contribution in [2.45, 2.75) is 17.4 Å². The molecule has 0 aliphatic carbocycles. The van der Waals surface area contributed by atoms with Gasteiger partial charge in [0.2, 0.25) is 15.9 Å². The van der Waals surface area contributed by atoms with Crippen molar-refractivity contribution < 1.29 is 13.2 Å². The predicted octanol–water partition coefficient (Wildman–Crippen LogP) is 1.85. The molecule has 1 N–H and O–H groups in total. The highest BCUT2D eigenvalue weighted by Crippen LogP contribution is 2.30. The van der Waals surface area contributed by atoms with Gasteiger partial charge in [0.25, 0.3) is 0 Å². The summed E-state index contributed by atoms with van der Waals surface area (Å²) in [5.74, 6) is -0.0251. The number of anilines is 1. The van der Waals surface area contributed by atoms with Gasteiger partial charge in [-0.3, -0.25) is 4.79 Å². The van der Waals surface area contributed by atoms with Gasteiger partial charge in [0.05, 0.1) is 17.4 Å². The van der Waals surface area contributed by atoms with E-state index in [1.165, 1.54) is 0 Å². The maximum atomic E-state index is 12.7. The fourth-order valence-electron chi connectivity index (χ4n) is 2.90. The first kappa shape index (κ1) is 18.1. The summed E-state index contributed by atoms with van der Waals surface area (Å²) in [7, 11) is 1.91. The first-order valence-corrected chi connectivity index (χ1v) is 10.2. The molecule has 134 valence electrons. The molecule has 25 heavy (non-hydrogen) atoms. The van der Waals surface area contributed by atoms with Crippen LogP contribution in [0.3, 0.4) is 0 Å². The lowest BCUT2D eigenvalue weighted by atomic mass is 10.2. The van der Waals surface area contributed by atoms with Crippen LogP contribution < -0.4 is 9.62 Å². The lowest BCUT2D eigenvalue weighted by Gasteiger charge is -2.23. The number of carbonyl (C=O) groups is 1. The van der Waals surface area contributed by atoms with Gasteiger partial charge in [0, 0.05) is 24.2 Å². The molecule has 0 radical (unpaired) electrons. The molecule has 1 atom stereocenters. The molecule has 3 rings (SSSR count). The second-order valence-corrected chi connectivity index (χ2v) is 9.01. The summed E-state index contributed by atoms with van der Waals surface area (Å²) in [6.45, 7) is 0.283. The third kappa shape index (κ3) is 3.62. The Morgan fingerprint density at radius 1 is 1.32 bits per heavy atom. The molecule has 1 amide bonds. The Labute approximate surface area is 152 Å². The zero-order valence-electron chi connectivity index (χ0n) is 14.4. The molecule has 6 nitrogen and oxygen atoms in total. The predicted molar refractivity (Wildman–Crippen MR) is 99.5 cm³/mol. The minimum Gasteiger partial charge on any atom is -0.315 e. The van der Waals surface area contributed by atoms with Crippen LogP contribution in [-0.2, 0) is 21.2 Å². The van der Waals surface area contributed by atoms with Gasteiger partial charge in [-0.25, -0.2) is 13.1 Å². The van der Waals surface area contributed by atoms with E-state index in [-0.39, 0.29) is 29.8 Å². The lowest BCUT2D eigenvalue weighted by molar-refractivity contribution is -0.117. The summed E-state index contributed by atoms with van der Waals surface area (Å²) < 4.78 is 28.0. The molecule has 2 heterocycles. The Kier molecular flexibility index (Phi) is 4.97. The smallest absolute Gasteiger partial charge is 0.240 e. The van der Waals surface area contributed by atoms with E-state index in [1.54, 1.807) is 41.5 Å². The number of rotatable bonds is 6. The average molecular weight is 380 g/mol. The molecular formula is C17H21N3O3S2. The summed E-state index contributed by atoms with van der Waals surface area (Å²) in [6.07, 6.45) is 0.241. The van der Waals surface area contributed by atoms with Crippen LogP contribution in [0.15, 0.2) is 40.6 Å². The van der Waals surface area contributed by atoms with Gasteiger partial charge in [-0.15, -0.1) is 11.3 Å². The Balaban J connectivity index is 1.79. The molecule has 1 aliphatic rings. The van der Waals surface area contributed by atoms with Crippen LogP contribution in [0.2, 0.25) is 0 Å². The molecule has 0 fully saturated rings. The zero-order chi connectivity index (χ0) is 18.2. The monoisotopic (exact) mass is 379 g/mol. The van der Waals surface area contributed by atoms with Gasteiger partial charge < -0.3 is 9.80 Å². The molecule has 8 heteroatoms. The van der Waals surface area contributed by atoms with Gasteiger partial charge >= 0.3 is 0 Å². The molecule has 0 spiro atoms. The van der Waals surface area contributed by atoms with Crippen LogP contribution in [0.5, 0.6) is 0 Å². The van der Waals surface area contributed by atoms with Gasteiger partial charge in [-0.05, 0) is 49.3 Å². The number of amides is 1. The minimum absolute atomic E-state index is 0.0251. The Bertz CT molecular complexity index is 877. The van der Waals surface area contributed by atoms with Crippen molar-refractivity contribution in [2.24, 2.45) is 0 Å².